The highest BCUT2D eigenvalue weighted by Gasteiger charge is 2.46. The van der Waals surface area contributed by atoms with E-state index in [9.17, 15) is 0 Å². The highest BCUT2D eigenvalue weighted by atomic mass is 16.5. The molecule has 0 aromatic rings. The molecule has 1 aliphatic heterocycles. The van der Waals surface area contributed by atoms with Crippen molar-refractivity contribution in [2.24, 2.45) is 17.3 Å². The molecule has 0 amide bonds. The summed E-state index contributed by atoms with van der Waals surface area (Å²) in [5.41, 5.74) is 0.676. The molecule has 0 aromatic heterocycles. The molecular formula is C14H26O. The van der Waals surface area contributed by atoms with Gasteiger partial charge in [-0.2, -0.15) is 0 Å². The maximum Gasteiger partial charge on any atom is 0.0632 e. The zero-order valence-electron chi connectivity index (χ0n) is 10.8. The van der Waals surface area contributed by atoms with Gasteiger partial charge in [0.05, 0.1) is 12.2 Å². The highest BCUT2D eigenvalue weighted by Crippen LogP contribution is 2.51. The van der Waals surface area contributed by atoms with E-state index in [0.29, 0.717) is 5.41 Å². The third-order valence-corrected chi connectivity index (χ3v) is 4.49. The summed E-state index contributed by atoms with van der Waals surface area (Å²) >= 11 is 0. The molecule has 2 unspecified atom stereocenters. The SMILES string of the molecule is CC(C)C1CCCC2(COC(C)(C)C2)C1. The average Bonchev–Trinajstić information content (AvgIpc) is 2.42. The summed E-state index contributed by atoms with van der Waals surface area (Å²) < 4.78 is 5.96. The molecule has 0 radical (unpaired) electrons. The Morgan fingerprint density at radius 1 is 1.27 bits per heavy atom. The summed E-state index contributed by atoms with van der Waals surface area (Å²) in [5, 5.41) is 0. The van der Waals surface area contributed by atoms with E-state index in [4.69, 9.17) is 4.74 Å². The fourth-order valence-corrected chi connectivity index (χ4v) is 3.71. The van der Waals surface area contributed by atoms with Gasteiger partial charge in [0.15, 0.2) is 0 Å². The van der Waals surface area contributed by atoms with Crippen molar-refractivity contribution < 1.29 is 4.74 Å². The van der Waals surface area contributed by atoms with Crippen LogP contribution in [0.4, 0.5) is 0 Å². The topological polar surface area (TPSA) is 9.23 Å². The maximum absolute atomic E-state index is 5.96. The zero-order valence-corrected chi connectivity index (χ0v) is 10.8. The van der Waals surface area contributed by atoms with Crippen LogP contribution in [0.5, 0.6) is 0 Å². The summed E-state index contributed by atoms with van der Waals surface area (Å²) in [7, 11) is 0. The molecule has 1 saturated carbocycles. The van der Waals surface area contributed by atoms with Gasteiger partial charge in [-0.05, 0) is 50.4 Å². The van der Waals surface area contributed by atoms with Crippen molar-refractivity contribution in [3.63, 3.8) is 0 Å². The van der Waals surface area contributed by atoms with Crippen molar-refractivity contribution in [3.8, 4) is 0 Å². The monoisotopic (exact) mass is 210 g/mol. The lowest BCUT2D eigenvalue weighted by atomic mass is 9.65. The number of ether oxygens (including phenoxy) is 1. The molecule has 15 heavy (non-hydrogen) atoms. The molecule has 0 bridgehead atoms. The van der Waals surface area contributed by atoms with Crippen LogP contribution in [0.3, 0.4) is 0 Å². The molecule has 2 atom stereocenters. The smallest absolute Gasteiger partial charge is 0.0632 e. The fourth-order valence-electron chi connectivity index (χ4n) is 3.71. The van der Waals surface area contributed by atoms with E-state index in [2.05, 4.69) is 27.7 Å². The normalized spacial score (nSPS) is 40.2. The lowest BCUT2D eigenvalue weighted by molar-refractivity contribution is 0.0245. The predicted molar refractivity (Wildman–Crippen MR) is 63.9 cm³/mol. The molecule has 0 aromatic carbocycles. The largest absolute Gasteiger partial charge is 0.375 e. The third-order valence-electron chi connectivity index (χ3n) is 4.49. The Hall–Kier alpha value is -0.0400. The molecular weight excluding hydrogens is 184 g/mol. The Balaban J connectivity index is 2.04. The minimum atomic E-state index is 0.138. The van der Waals surface area contributed by atoms with Crippen molar-refractivity contribution in [1.82, 2.24) is 0 Å². The van der Waals surface area contributed by atoms with E-state index in [0.717, 1.165) is 18.4 Å². The Morgan fingerprint density at radius 3 is 2.53 bits per heavy atom. The molecule has 88 valence electrons. The number of hydrogen-bond donors (Lipinski definition) is 0. The van der Waals surface area contributed by atoms with Gasteiger partial charge < -0.3 is 4.74 Å². The van der Waals surface area contributed by atoms with Crippen molar-refractivity contribution in [2.45, 2.75) is 65.4 Å². The Labute approximate surface area is 94.6 Å². The van der Waals surface area contributed by atoms with Crippen LogP contribution >= 0.6 is 0 Å². The van der Waals surface area contributed by atoms with Crippen LogP contribution in [0.25, 0.3) is 0 Å². The first-order valence-electron chi connectivity index (χ1n) is 6.57. The standard InChI is InChI=1S/C14H26O/c1-11(2)12-6-5-7-14(8-12)9-13(3,4)15-10-14/h11-12H,5-10H2,1-4H3. The maximum atomic E-state index is 5.96. The van der Waals surface area contributed by atoms with Gasteiger partial charge in [0.2, 0.25) is 0 Å². The van der Waals surface area contributed by atoms with Gasteiger partial charge in [0.25, 0.3) is 0 Å². The summed E-state index contributed by atoms with van der Waals surface area (Å²) in [6.45, 7) is 10.3. The van der Waals surface area contributed by atoms with Gasteiger partial charge in [-0.15, -0.1) is 0 Å². The van der Waals surface area contributed by atoms with E-state index < -0.39 is 0 Å². The van der Waals surface area contributed by atoms with Crippen LogP contribution < -0.4 is 0 Å². The second-order valence-electron chi connectivity index (χ2n) is 6.83. The van der Waals surface area contributed by atoms with Crippen LogP contribution in [0.15, 0.2) is 0 Å². The third kappa shape index (κ3) is 2.38. The molecule has 1 spiro atoms. The van der Waals surface area contributed by atoms with E-state index in [1.54, 1.807) is 0 Å². The number of rotatable bonds is 1. The molecule has 1 aliphatic carbocycles. The van der Waals surface area contributed by atoms with Gasteiger partial charge in [-0.3, -0.25) is 0 Å². The van der Waals surface area contributed by atoms with Crippen molar-refractivity contribution >= 4 is 0 Å². The van der Waals surface area contributed by atoms with E-state index in [-0.39, 0.29) is 5.60 Å². The summed E-state index contributed by atoms with van der Waals surface area (Å²) in [6.07, 6.45) is 6.96. The van der Waals surface area contributed by atoms with Crippen LogP contribution in [0.1, 0.15) is 59.8 Å². The Kier molecular flexibility index (Phi) is 2.87. The van der Waals surface area contributed by atoms with Crippen LogP contribution in [0, 0.1) is 17.3 Å². The van der Waals surface area contributed by atoms with E-state index in [1.165, 1.54) is 32.1 Å². The minimum absolute atomic E-state index is 0.138. The van der Waals surface area contributed by atoms with E-state index >= 15 is 0 Å². The first-order valence-corrected chi connectivity index (χ1v) is 6.57. The predicted octanol–water partition coefficient (Wildman–Crippen LogP) is 4.02. The minimum Gasteiger partial charge on any atom is -0.375 e. The quantitative estimate of drug-likeness (QED) is 0.635. The van der Waals surface area contributed by atoms with Crippen molar-refractivity contribution in [2.75, 3.05) is 6.61 Å². The molecule has 1 saturated heterocycles. The lowest BCUT2D eigenvalue weighted by Crippen LogP contribution is -2.32. The summed E-state index contributed by atoms with van der Waals surface area (Å²) in [4.78, 5) is 0. The lowest BCUT2D eigenvalue weighted by Gasteiger charge is -2.39. The van der Waals surface area contributed by atoms with Gasteiger partial charge in [0.1, 0.15) is 0 Å². The Morgan fingerprint density at radius 2 is 2.00 bits per heavy atom. The van der Waals surface area contributed by atoms with Crippen molar-refractivity contribution in [1.29, 1.82) is 0 Å². The van der Waals surface area contributed by atoms with Crippen molar-refractivity contribution in [3.05, 3.63) is 0 Å². The summed E-state index contributed by atoms with van der Waals surface area (Å²) in [5.74, 6) is 1.79. The molecule has 2 fully saturated rings. The van der Waals surface area contributed by atoms with Crippen LogP contribution in [0.2, 0.25) is 0 Å². The molecule has 1 heterocycles. The highest BCUT2D eigenvalue weighted by molar-refractivity contribution is 4.96. The average molecular weight is 210 g/mol. The molecule has 0 N–H and O–H groups in total. The first kappa shape index (κ1) is 11.4. The molecule has 2 rings (SSSR count). The number of hydrogen-bond acceptors (Lipinski definition) is 1. The fraction of sp³-hybridized carbons (Fsp3) is 1.00. The van der Waals surface area contributed by atoms with Crippen LogP contribution in [-0.2, 0) is 4.74 Å². The van der Waals surface area contributed by atoms with Gasteiger partial charge in [0, 0.05) is 0 Å². The Bertz CT molecular complexity index is 231. The zero-order chi connectivity index (χ0) is 11.1. The van der Waals surface area contributed by atoms with E-state index in [1.807, 2.05) is 0 Å². The molecule has 2 aliphatic rings. The van der Waals surface area contributed by atoms with Gasteiger partial charge in [-0.1, -0.05) is 26.7 Å². The molecule has 1 nitrogen and oxygen atoms in total. The molecule has 1 heteroatoms. The first-order chi connectivity index (χ1) is 6.93. The van der Waals surface area contributed by atoms with Gasteiger partial charge in [-0.25, -0.2) is 0 Å². The summed E-state index contributed by atoms with van der Waals surface area (Å²) in [6, 6.07) is 0. The second-order valence-corrected chi connectivity index (χ2v) is 6.83. The van der Waals surface area contributed by atoms with Gasteiger partial charge >= 0.3 is 0 Å². The second kappa shape index (κ2) is 3.76. The van der Waals surface area contributed by atoms with Crippen LogP contribution in [-0.4, -0.2) is 12.2 Å².